The van der Waals surface area contributed by atoms with E-state index in [1.807, 2.05) is 38.7 Å². The Morgan fingerprint density at radius 3 is 2.41 bits per heavy atom. The number of nitrogens with zero attached hydrogens (tertiary/aromatic N) is 5. The number of hydrogen-bond acceptors (Lipinski definition) is 7. The van der Waals surface area contributed by atoms with Gasteiger partial charge in [0.25, 0.3) is 12.4 Å². The molecule has 2 saturated heterocycles. The van der Waals surface area contributed by atoms with Gasteiger partial charge in [-0.1, -0.05) is 25.5 Å². The molecule has 0 saturated carbocycles. The summed E-state index contributed by atoms with van der Waals surface area (Å²) in [5.41, 5.74) is 5.77. The van der Waals surface area contributed by atoms with Crippen molar-refractivity contribution in [2.75, 3.05) is 36.8 Å². The third-order valence-electron chi connectivity index (χ3n) is 5.48. The molecule has 2 fully saturated rings. The lowest BCUT2D eigenvalue weighted by Crippen LogP contribution is -2.57. The zero-order valence-corrected chi connectivity index (χ0v) is 18.9. The van der Waals surface area contributed by atoms with Crippen molar-refractivity contribution in [1.29, 1.82) is 0 Å². The largest absolute Gasteiger partial charge is 0.483 e. The van der Waals surface area contributed by atoms with E-state index in [1.165, 1.54) is 4.90 Å². The van der Waals surface area contributed by atoms with E-state index in [9.17, 15) is 14.0 Å². The summed E-state index contributed by atoms with van der Waals surface area (Å²) < 4.78 is 13.4. The van der Waals surface area contributed by atoms with Gasteiger partial charge in [-0.05, 0) is 32.6 Å². The predicted molar refractivity (Wildman–Crippen MR) is 117 cm³/mol. The van der Waals surface area contributed by atoms with Gasteiger partial charge >= 0.3 is 6.03 Å². The molecule has 0 atom stereocenters. The lowest BCUT2D eigenvalue weighted by molar-refractivity contribution is -0.134. The molecule has 0 aliphatic carbocycles. The molecule has 0 radical (unpaired) electrons. The van der Waals surface area contributed by atoms with E-state index in [0.29, 0.717) is 38.4 Å². The number of carbonyl (C=O) groups is 3. The molecule has 32 heavy (non-hydrogen) atoms. The molecule has 3 rings (SSSR count). The van der Waals surface area contributed by atoms with Crippen LogP contribution < -0.4 is 10.6 Å². The van der Waals surface area contributed by atoms with Gasteiger partial charge in [0.2, 0.25) is 5.95 Å². The maximum absolute atomic E-state index is 13.4. The van der Waals surface area contributed by atoms with Crippen molar-refractivity contribution in [1.82, 2.24) is 19.8 Å². The van der Waals surface area contributed by atoms with E-state index in [-0.39, 0.29) is 36.7 Å². The summed E-state index contributed by atoms with van der Waals surface area (Å²) in [5.74, 6) is -0.411. The van der Waals surface area contributed by atoms with Crippen molar-refractivity contribution in [3.63, 3.8) is 0 Å². The smallest absolute Gasteiger partial charge is 0.327 e. The van der Waals surface area contributed by atoms with Crippen LogP contribution >= 0.6 is 0 Å². The van der Waals surface area contributed by atoms with Gasteiger partial charge < -0.3 is 20.6 Å². The minimum absolute atomic E-state index is 0.139. The SMILES string of the molecule is CC(C)=CCN1C(=O)N(CC(C)C)C2(CCN(c3ncc(F)c(N)n3)CC2)C1=O.O=CO. The van der Waals surface area contributed by atoms with Crippen LogP contribution in [0.5, 0.6) is 0 Å². The summed E-state index contributed by atoms with van der Waals surface area (Å²) in [7, 11) is 0. The maximum Gasteiger partial charge on any atom is 0.327 e. The summed E-state index contributed by atoms with van der Waals surface area (Å²) in [6.45, 7) is 9.49. The Morgan fingerprint density at radius 2 is 1.91 bits per heavy atom. The average Bonchev–Trinajstić information content (AvgIpc) is 2.91. The second-order valence-corrected chi connectivity index (χ2v) is 8.51. The minimum atomic E-state index is -0.848. The lowest BCUT2D eigenvalue weighted by Gasteiger charge is -2.42. The Morgan fingerprint density at radius 1 is 1.31 bits per heavy atom. The Hall–Kier alpha value is -3.24. The Kier molecular flexibility index (Phi) is 8.12. The Balaban J connectivity index is 0.00000114. The molecule has 3 N–H and O–H groups in total. The highest BCUT2D eigenvalue weighted by Gasteiger charge is 2.57. The number of carboxylic acid groups (broad SMARTS) is 1. The molecule has 0 bridgehead atoms. The van der Waals surface area contributed by atoms with Gasteiger partial charge in [-0.25, -0.2) is 14.2 Å². The number of urea groups is 1. The van der Waals surface area contributed by atoms with E-state index in [4.69, 9.17) is 15.6 Å². The van der Waals surface area contributed by atoms with Crippen molar-refractivity contribution in [3.05, 3.63) is 23.7 Å². The van der Waals surface area contributed by atoms with Crippen LogP contribution in [0.25, 0.3) is 0 Å². The first kappa shape index (κ1) is 25.0. The number of aromatic nitrogens is 2. The number of allylic oxidation sites excluding steroid dienone is 1. The van der Waals surface area contributed by atoms with Crippen LogP contribution in [0.1, 0.15) is 40.5 Å². The molecule has 1 aromatic heterocycles. The highest BCUT2D eigenvalue weighted by molar-refractivity contribution is 6.07. The van der Waals surface area contributed by atoms with Gasteiger partial charge in [0.1, 0.15) is 5.54 Å². The number of rotatable bonds is 5. The third-order valence-corrected chi connectivity index (χ3v) is 5.48. The predicted octanol–water partition coefficient (Wildman–Crippen LogP) is 2.12. The highest BCUT2D eigenvalue weighted by Crippen LogP contribution is 2.38. The number of carbonyl (C=O) groups excluding carboxylic acids is 2. The van der Waals surface area contributed by atoms with Gasteiger partial charge in [-0.2, -0.15) is 4.98 Å². The third kappa shape index (κ3) is 5.14. The van der Waals surface area contributed by atoms with Gasteiger partial charge in [0, 0.05) is 26.2 Å². The number of nitrogen functional groups attached to an aromatic ring is 1. The molecule has 10 nitrogen and oxygen atoms in total. The summed E-state index contributed by atoms with van der Waals surface area (Å²) in [6, 6.07) is -0.225. The fraction of sp³-hybridized carbons (Fsp3) is 0.571. The van der Waals surface area contributed by atoms with Crippen LogP contribution in [0.2, 0.25) is 0 Å². The quantitative estimate of drug-likeness (QED) is 0.396. The van der Waals surface area contributed by atoms with Gasteiger partial charge in [-0.15, -0.1) is 0 Å². The standard InChI is InChI=1S/C20H29FN6O2.CH2O2/c1-13(2)5-8-26-17(28)20(27(19(26)29)12-14(3)4)6-9-25(10-7-20)18-23-11-15(21)16(22)24-18;2-1-3/h5,11,14H,6-10,12H2,1-4H3,(H2,22,23,24);1H,(H,2,3). The topological polar surface area (TPSA) is 133 Å². The first-order chi connectivity index (χ1) is 15.1. The van der Waals surface area contributed by atoms with Crippen LogP contribution in [0.15, 0.2) is 17.8 Å². The normalized spacial score (nSPS) is 17.5. The summed E-state index contributed by atoms with van der Waals surface area (Å²) >= 11 is 0. The molecule has 2 aliphatic heterocycles. The molecule has 3 amide bonds. The molecule has 1 spiro atoms. The second kappa shape index (κ2) is 10.4. The second-order valence-electron chi connectivity index (χ2n) is 8.51. The number of halogens is 1. The van der Waals surface area contributed by atoms with Crippen LogP contribution in [0, 0.1) is 11.7 Å². The lowest BCUT2D eigenvalue weighted by atomic mass is 9.85. The van der Waals surface area contributed by atoms with E-state index in [1.54, 1.807) is 4.90 Å². The fourth-order valence-electron chi connectivity index (χ4n) is 3.92. The summed E-state index contributed by atoms with van der Waals surface area (Å²) in [4.78, 5) is 47.8. The Bertz CT molecular complexity index is 879. The van der Waals surface area contributed by atoms with Crippen molar-refractivity contribution in [2.45, 2.75) is 46.1 Å². The van der Waals surface area contributed by atoms with Crippen molar-refractivity contribution in [3.8, 4) is 0 Å². The molecule has 11 heteroatoms. The maximum atomic E-state index is 13.4. The van der Waals surface area contributed by atoms with Crippen LogP contribution in [0.3, 0.4) is 0 Å². The first-order valence-corrected chi connectivity index (χ1v) is 10.4. The van der Waals surface area contributed by atoms with Crippen LogP contribution in [-0.2, 0) is 9.59 Å². The zero-order valence-electron chi connectivity index (χ0n) is 18.9. The van der Waals surface area contributed by atoms with E-state index in [0.717, 1.165) is 11.8 Å². The molecule has 2 aliphatic rings. The van der Waals surface area contributed by atoms with E-state index >= 15 is 0 Å². The molecule has 0 unspecified atom stereocenters. The molecule has 0 aromatic carbocycles. The van der Waals surface area contributed by atoms with E-state index in [2.05, 4.69) is 9.97 Å². The van der Waals surface area contributed by atoms with Crippen molar-refractivity contribution < 1.29 is 23.9 Å². The van der Waals surface area contributed by atoms with Crippen LogP contribution in [0.4, 0.5) is 21.0 Å². The zero-order chi connectivity index (χ0) is 24.1. The monoisotopic (exact) mass is 450 g/mol. The van der Waals surface area contributed by atoms with E-state index < -0.39 is 11.4 Å². The van der Waals surface area contributed by atoms with Gasteiger partial charge in [0.15, 0.2) is 11.6 Å². The Labute approximate surface area is 186 Å². The number of piperidine rings is 1. The molecular formula is C21H31FN6O4. The molecule has 1 aromatic rings. The van der Waals surface area contributed by atoms with Gasteiger partial charge in [-0.3, -0.25) is 14.5 Å². The molecular weight excluding hydrogens is 419 g/mol. The highest BCUT2D eigenvalue weighted by atomic mass is 19.1. The number of nitrogens with two attached hydrogens (primary N) is 1. The molecule has 3 heterocycles. The van der Waals surface area contributed by atoms with Gasteiger partial charge in [0.05, 0.1) is 6.20 Å². The number of hydrogen-bond donors (Lipinski definition) is 2. The van der Waals surface area contributed by atoms with Crippen LogP contribution in [-0.4, -0.2) is 75.0 Å². The minimum Gasteiger partial charge on any atom is -0.483 e. The number of imide groups is 1. The summed E-state index contributed by atoms with van der Waals surface area (Å²) in [6.07, 6.45) is 3.89. The first-order valence-electron chi connectivity index (χ1n) is 10.4. The summed E-state index contributed by atoms with van der Waals surface area (Å²) in [5, 5.41) is 6.89. The fourth-order valence-corrected chi connectivity index (χ4v) is 3.92. The van der Waals surface area contributed by atoms with Crippen molar-refractivity contribution in [2.24, 2.45) is 5.92 Å². The van der Waals surface area contributed by atoms with Crippen molar-refractivity contribution >= 4 is 30.2 Å². The number of anilines is 2. The molecule has 176 valence electrons. The number of amides is 3. The average molecular weight is 451 g/mol.